The van der Waals surface area contributed by atoms with Crippen LogP contribution in [-0.2, 0) is 9.53 Å². The number of allylic oxidation sites excluding steroid dienone is 1. The summed E-state index contributed by atoms with van der Waals surface area (Å²) >= 11 is 1.82. The number of methoxy groups -OCH3 is 1. The normalized spacial score (nSPS) is 15.0. The number of carbonyl (C=O) groups excluding carboxylic acids is 1. The summed E-state index contributed by atoms with van der Waals surface area (Å²) in [5, 5.41) is 2.98. The van der Waals surface area contributed by atoms with E-state index in [1.807, 2.05) is 48.2 Å². The minimum Gasteiger partial charge on any atom is -0.496 e. The van der Waals surface area contributed by atoms with E-state index in [-0.39, 0.29) is 5.91 Å². The highest BCUT2D eigenvalue weighted by molar-refractivity contribution is 7.99. The highest BCUT2D eigenvalue weighted by atomic mass is 32.2. The fraction of sp³-hybridized carbons (Fsp3) is 0.261. The first kappa shape index (κ1) is 19.3. The van der Waals surface area contributed by atoms with Crippen LogP contribution in [0.15, 0.2) is 53.4 Å². The van der Waals surface area contributed by atoms with Gasteiger partial charge >= 0.3 is 0 Å². The predicted molar refractivity (Wildman–Crippen MR) is 116 cm³/mol. The van der Waals surface area contributed by atoms with Crippen LogP contribution in [0, 0.1) is 0 Å². The van der Waals surface area contributed by atoms with E-state index in [1.54, 1.807) is 7.11 Å². The molecular weight excluding hydrogens is 354 g/mol. The number of rotatable bonds is 7. The molecule has 0 saturated heterocycles. The Morgan fingerprint density at radius 3 is 2.74 bits per heavy atom. The monoisotopic (exact) mass is 379 g/mol. The summed E-state index contributed by atoms with van der Waals surface area (Å²) in [5.74, 6) is 1.84. The van der Waals surface area contributed by atoms with Crippen LogP contribution in [0.1, 0.15) is 43.4 Å². The number of hydrogen-bond acceptors (Lipinski definition) is 3. The molecule has 1 N–H and O–H groups in total. The Hall–Kier alpha value is -2.46. The first-order chi connectivity index (χ1) is 13.2. The Bertz CT molecular complexity index is 899. The number of amides is 1. The van der Waals surface area contributed by atoms with E-state index in [9.17, 15) is 4.79 Å². The van der Waals surface area contributed by atoms with Crippen LogP contribution >= 0.6 is 11.8 Å². The number of ether oxygens (including phenoxy) is 1. The van der Waals surface area contributed by atoms with Crippen molar-refractivity contribution in [3.63, 3.8) is 0 Å². The van der Waals surface area contributed by atoms with Crippen molar-refractivity contribution in [2.24, 2.45) is 0 Å². The van der Waals surface area contributed by atoms with Gasteiger partial charge in [-0.15, -0.1) is 11.8 Å². The highest BCUT2D eigenvalue weighted by Gasteiger charge is 2.25. The molecule has 2 aromatic rings. The molecule has 0 bridgehead atoms. The summed E-state index contributed by atoms with van der Waals surface area (Å²) in [4.78, 5) is 13.8. The molecule has 0 radical (unpaired) electrons. The standard InChI is InChI=1S/C23H25NO2S/c1-4-8-22(26-3)18-10-7-6-9-16(18)14-20-19-15-17(27-13-5-2)11-12-21(19)24-23(20)25/h6-12,14-15H,4-5,13H2,1-3H3,(H,24,25)/b20-14-,22-8-. The lowest BCUT2D eigenvalue weighted by atomic mass is 9.99. The Morgan fingerprint density at radius 2 is 2.00 bits per heavy atom. The second-order valence-electron chi connectivity index (χ2n) is 6.34. The van der Waals surface area contributed by atoms with Crippen LogP contribution in [0.5, 0.6) is 0 Å². The maximum Gasteiger partial charge on any atom is 0.256 e. The van der Waals surface area contributed by atoms with Crippen LogP contribution in [0.2, 0.25) is 0 Å². The molecule has 0 saturated carbocycles. The van der Waals surface area contributed by atoms with Crippen LogP contribution in [0.4, 0.5) is 5.69 Å². The van der Waals surface area contributed by atoms with Gasteiger partial charge in [0.05, 0.1) is 7.11 Å². The van der Waals surface area contributed by atoms with Crippen LogP contribution in [0.3, 0.4) is 0 Å². The van der Waals surface area contributed by atoms with Gasteiger partial charge in [0.2, 0.25) is 0 Å². The molecule has 1 aliphatic rings. The fourth-order valence-corrected chi connectivity index (χ4v) is 3.92. The second-order valence-corrected chi connectivity index (χ2v) is 7.50. The molecule has 1 aliphatic heterocycles. The molecule has 3 rings (SSSR count). The molecule has 4 heteroatoms. The maximum absolute atomic E-state index is 12.6. The van der Waals surface area contributed by atoms with E-state index in [0.717, 1.165) is 46.7 Å². The summed E-state index contributed by atoms with van der Waals surface area (Å²) < 4.78 is 5.57. The van der Waals surface area contributed by atoms with Crippen molar-refractivity contribution in [3.8, 4) is 0 Å². The molecule has 0 atom stereocenters. The van der Waals surface area contributed by atoms with Crippen molar-refractivity contribution in [2.45, 2.75) is 31.6 Å². The highest BCUT2D eigenvalue weighted by Crippen LogP contribution is 2.37. The summed E-state index contributed by atoms with van der Waals surface area (Å²) in [7, 11) is 1.68. The van der Waals surface area contributed by atoms with Crippen LogP contribution in [-0.4, -0.2) is 18.8 Å². The van der Waals surface area contributed by atoms with E-state index < -0.39 is 0 Å². The minimum absolute atomic E-state index is 0.0594. The predicted octanol–water partition coefficient (Wildman–Crippen LogP) is 6.08. The minimum atomic E-state index is -0.0594. The lowest BCUT2D eigenvalue weighted by Crippen LogP contribution is -2.03. The first-order valence-corrected chi connectivity index (χ1v) is 10.3. The maximum atomic E-state index is 12.6. The number of anilines is 1. The van der Waals surface area contributed by atoms with Gasteiger partial charge in [-0.05, 0) is 54.5 Å². The zero-order chi connectivity index (χ0) is 19.2. The van der Waals surface area contributed by atoms with Gasteiger partial charge in [-0.1, -0.05) is 38.1 Å². The SMILES string of the molecule is CC/C=C(\OC)c1ccccc1/C=C1\C(=O)Nc2ccc(SCCC)cc21. The number of nitrogens with one attached hydrogen (secondary N) is 1. The molecule has 0 fully saturated rings. The number of fused-ring (bicyclic) bond motifs is 1. The van der Waals surface area contributed by atoms with Gasteiger partial charge in [0.1, 0.15) is 5.76 Å². The van der Waals surface area contributed by atoms with Crippen molar-refractivity contribution in [3.05, 3.63) is 65.2 Å². The Morgan fingerprint density at radius 1 is 1.19 bits per heavy atom. The Labute approximate surface area is 165 Å². The van der Waals surface area contributed by atoms with Crippen molar-refractivity contribution in [2.75, 3.05) is 18.2 Å². The molecule has 3 nitrogen and oxygen atoms in total. The van der Waals surface area contributed by atoms with Gasteiger partial charge in [0.25, 0.3) is 5.91 Å². The molecule has 140 valence electrons. The zero-order valence-electron chi connectivity index (χ0n) is 16.0. The van der Waals surface area contributed by atoms with Crippen molar-refractivity contribution < 1.29 is 9.53 Å². The molecule has 0 aromatic heterocycles. The lowest BCUT2D eigenvalue weighted by Gasteiger charge is -2.10. The van der Waals surface area contributed by atoms with Crippen molar-refractivity contribution in [1.82, 2.24) is 0 Å². The van der Waals surface area contributed by atoms with Gasteiger partial charge in [0, 0.05) is 27.3 Å². The average molecular weight is 380 g/mol. The average Bonchev–Trinajstić information content (AvgIpc) is 3.00. The molecule has 2 aromatic carbocycles. The van der Waals surface area contributed by atoms with Crippen molar-refractivity contribution in [1.29, 1.82) is 0 Å². The third kappa shape index (κ3) is 4.28. The molecule has 27 heavy (non-hydrogen) atoms. The molecule has 0 unspecified atom stereocenters. The topological polar surface area (TPSA) is 38.3 Å². The molecule has 0 spiro atoms. The smallest absolute Gasteiger partial charge is 0.256 e. The van der Waals surface area contributed by atoms with E-state index in [4.69, 9.17) is 4.74 Å². The lowest BCUT2D eigenvalue weighted by molar-refractivity contribution is -0.110. The first-order valence-electron chi connectivity index (χ1n) is 9.31. The van der Waals surface area contributed by atoms with Gasteiger partial charge in [-0.3, -0.25) is 4.79 Å². The zero-order valence-corrected chi connectivity index (χ0v) is 16.9. The number of hydrogen-bond donors (Lipinski definition) is 1. The van der Waals surface area contributed by atoms with E-state index >= 15 is 0 Å². The second kappa shape index (κ2) is 8.96. The Balaban J connectivity index is 2.05. The van der Waals surface area contributed by atoms with Gasteiger partial charge in [-0.25, -0.2) is 0 Å². The Kier molecular flexibility index (Phi) is 6.40. The van der Waals surface area contributed by atoms with Gasteiger partial charge < -0.3 is 10.1 Å². The quantitative estimate of drug-likeness (QED) is 0.360. The van der Waals surface area contributed by atoms with E-state index in [1.165, 1.54) is 4.90 Å². The summed E-state index contributed by atoms with van der Waals surface area (Å²) in [6.07, 6.45) is 6.03. The van der Waals surface area contributed by atoms with Crippen LogP contribution < -0.4 is 5.32 Å². The number of thioether (sulfide) groups is 1. The third-order valence-corrected chi connectivity index (χ3v) is 5.58. The number of benzene rings is 2. The van der Waals surface area contributed by atoms with E-state index in [0.29, 0.717) is 5.57 Å². The molecule has 1 heterocycles. The summed E-state index contributed by atoms with van der Waals surface area (Å²) in [6.45, 7) is 4.25. The number of carbonyl (C=O) groups is 1. The van der Waals surface area contributed by atoms with Gasteiger partial charge in [-0.2, -0.15) is 0 Å². The molecular formula is C23H25NO2S. The molecule has 0 aliphatic carbocycles. The fourth-order valence-electron chi connectivity index (χ4n) is 3.11. The van der Waals surface area contributed by atoms with Crippen molar-refractivity contribution >= 4 is 40.8 Å². The molecule has 1 amide bonds. The van der Waals surface area contributed by atoms with Gasteiger partial charge in [0.15, 0.2) is 0 Å². The van der Waals surface area contributed by atoms with E-state index in [2.05, 4.69) is 37.4 Å². The summed E-state index contributed by atoms with van der Waals surface area (Å²) in [6, 6.07) is 14.2. The summed E-state index contributed by atoms with van der Waals surface area (Å²) in [5.41, 5.74) is 4.51. The van der Waals surface area contributed by atoms with Crippen LogP contribution in [0.25, 0.3) is 17.4 Å². The third-order valence-electron chi connectivity index (χ3n) is 4.38. The largest absolute Gasteiger partial charge is 0.496 e.